The lowest BCUT2D eigenvalue weighted by Crippen LogP contribution is -1.92. The Bertz CT molecular complexity index is 2570. The molecule has 0 spiro atoms. The Morgan fingerprint density at radius 2 is 0.761 bits per heavy atom. The maximum absolute atomic E-state index is 2.40. The third-order valence-electron chi connectivity index (χ3n) is 9.42. The van der Waals surface area contributed by atoms with Gasteiger partial charge in [0.15, 0.2) is 0 Å². The van der Waals surface area contributed by atoms with Crippen molar-refractivity contribution >= 4 is 43.1 Å². The van der Waals surface area contributed by atoms with Crippen LogP contribution in [-0.2, 0) is 0 Å². The van der Waals surface area contributed by atoms with E-state index in [0.29, 0.717) is 0 Å². The van der Waals surface area contributed by atoms with Crippen molar-refractivity contribution in [1.82, 2.24) is 0 Å². The molecule has 9 rings (SSSR count). The molecule has 0 amide bonds. The molecule has 46 heavy (non-hydrogen) atoms. The van der Waals surface area contributed by atoms with Crippen LogP contribution in [0.4, 0.5) is 0 Å². The quantitative estimate of drug-likeness (QED) is 0.181. The molecule has 0 saturated carbocycles. The molecule has 0 aliphatic rings. The summed E-state index contributed by atoms with van der Waals surface area (Å²) in [5.74, 6) is 0. The molecule has 0 bridgehead atoms. The Hall–Kier alpha value is -5.98. The largest absolute Gasteiger partial charge is 0.0622 e. The van der Waals surface area contributed by atoms with E-state index in [2.05, 4.69) is 182 Å². The Morgan fingerprint density at radius 3 is 1.59 bits per heavy atom. The van der Waals surface area contributed by atoms with Crippen LogP contribution in [0.15, 0.2) is 182 Å². The second-order valence-electron chi connectivity index (χ2n) is 12.1. The summed E-state index contributed by atoms with van der Waals surface area (Å²) in [5, 5.41) is 10.1. The summed E-state index contributed by atoms with van der Waals surface area (Å²) < 4.78 is 0. The minimum absolute atomic E-state index is 1.22. The first kappa shape index (κ1) is 26.4. The third-order valence-corrected chi connectivity index (χ3v) is 9.42. The zero-order valence-corrected chi connectivity index (χ0v) is 25.3. The summed E-state index contributed by atoms with van der Waals surface area (Å²) in [4.78, 5) is 0. The number of rotatable bonds is 4. The Morgan fingerprint density at radius 1 is 0.217 bits per heavy atom. The van der Waals surface area contributed by atoms with E-state index in [0.717, 1.165) is 0 Å². The number of hydrogen-bond acceptors (Lipinski definition) is 0. The van der Waals surface area contributed by atoms with Gasteiger partial charge in [0.1, 0.15) is 0 Å². The van der Waals surface area contributed by atoms with Gasteiger partial charge in [-0.15, -0.1) is 0 Å². The van der Waals surface area contributed by atoms with E-state index in [1.54, 1.807) is 0 Å². The molecule has 9 aromatic rings. The Labute approximate surface area is 268 Å². The van der Waals surface area contributed by atoms with Crippen LogP contribution >= 0.6 is 0 Å². The van der Waals surface area contributed by atoms with Gasteiger partial charge in [-0.3, -0.25) is 0 Å². The first-order valence-electron chi connectivity index (χ1n) is 15.9. The van der Waals surface area contributed by atoms with E-state index in [1.165, 1.54) is 87.6 Å². The minimum Gasteiger partial charge on any atom is -0.0622 e. The van der Waals surface area contributed by atoms with Crippen LogP contribution in [0.2, 0.25) is 0 Å². The highest BCUT2D eigenvalue weighted by Gasteiger charge is 2.18. The lowest BCUT2D eigenvalue weighted by atomic mass is 9.84. The molecule has 0 aliphatic heterocycles. The fourth-order valence-corrected chi connectivity index (χ4v) is 7.27. The normalized spacial score (nSPS) is 11.5. The van der Waals surface area contributed by atoms with E-state index in [-0.39, 0.29) is 0 Å². The molecular formula is C46H30. The molecule has 0 fully saturated rings. The van der Waals surface area contributed by atoms with Crippen LogP contribution in [0.25, 0.3) is 87.6 Å². The third kappa shape index (κ3) is 4.38. The Kier molecular flexibility index (Phi) is 6.25. The van der Waals surface area contributed by atoms with Crippen LogP contribution < -0.4 is 0 Å². The van der Waals surface area contributed by atoms with E-state index in [1.807, 2.05) is 0 Å². The van der Waals surface area contributed by atoms with Crippen molar-refractivity contribution in [3.8, 4) is 44.5 Å². The van der Waals surface area contributed by atoms with Crippen LogP contribution in [-0.4, -0.2) is 0 Å². The zero-order valence-electron chi connectivity index (χ0n) is 25.3. The van der Waals surface area contributed by atoms with Gasteiger partial charge in [-0.05, 0) is 106 Å². The van der Waals surface area contributed by atoms with Crippen LogP contribution in [0, 0.1) is 0 Å². The van der Waals surface area contributed by atoms with E-state index in [9.17, 15) is 0 Å². The van der Waals surface area contributed by atoms with Crippen molar-refractivity contribution in [2.75, 3.05) is 0 Å². The molecule has 0 saturated heterocycles. The fourth-order valence-electron chi connectivity index (χ4n) is 7.27. The first-order valence-corrected chi connectivity index (χ1v) is 15.9. The molecule has 0 aliphatic carbocycles. The molecule has 0 heterocycles. The molecule has 214 valence electrons. The van der Waals surface area contributed by atoms with Gasteiger partial charge in [0.25, 0.3) is 0 Å². The standard InChI is InChI=1S/C46H30/c1-2-12-31(13-3-1)35-26-27-43-44(30-35)46(38-25-24-32-14-4-5-16-34(32)28-38)42-22-9-8-21-41(42)45(43)37-19-10-18-36(29-37)40-23-11-17-33-15-6-7-20-39(33)40/h1-30H. The summed E-state index contributed by atoms with van der Waals surface area (Å²) in [6.45, 7) is 0. The average Bonchev–Trinajstić information content (AvgIpc) is 3.13. The fraction of sp³-hybridized carbons (Fsp3) is 0. The summed E-state index contributed by atoms with van der Waals surface area (Å²) in [5.41, 5.74) is 9.95. The molecule has 0 nitrogen and oxygen atoms in total. The topological polar surface area (TPSA) is 0 Å². The second-order valence-corrected chi connectivity index (χ2v) is 12.1. The Balaban J connectivity index is 1.36. The zero-order chi connectivity index (χ0) is 30.5. The van der Waals surface area contributed by atoms with Gasteiger partial charge in [-0.1, -0.05) is 164 Å². The number of hydrogen-bond donors (Lipinski definition) is 0. The van der Waals surface area contributed by atoms with Crippen LogP contribution in [0.5, 0.6) is 0 Å². The molecule has 0 atom stereocenters. The SMILES string of the molecule is c1ccc(-c2ccc3c(-c4cccc(-c5cccc6ccccc56)c4)c4ccccc4c(-c4ccc5ccccc5c4)c3c2)cc1. The van der Waals surface area contributed by atoms with Crippen molar-refractivity contribution in [3.05, 3.63) is 182 Å². The summed E-state index contributed by atoms with van der Waals surface area (Å²) >= 11 is 0. The van der Waals surface area contributed by atoms with Gasteiger partial charge in [-0.25, -0.2) is 0 Å². The lowest BCUT2D eigenvalue weighted by Gasteiger charge is -2.19. The van der Waals surface area contributed by atoms with Gasteiger partial charge in [0, 0.05) is 0 Å². The van der Waals surface area contributed by atoms with Crippen molar-refractivity contribution in [2.45, 2.75) is 0 Å². The summed E-state index contributed by atoms with van der Waals surface area (Å²) in [6.07, 6.45) is 0. The maximum atomic E-state index is 2.40. The van der Waals surface area contributed by atoms with E-state index >= 15 is 0 Å². The molecular weight excluding hydrogens is 553 g/mol. The first-order chi connectivity index (χ1) is 22.8. The minimum atomic E-state index is 1.22. The molecule has 0 N–H and O–H groups in total. The van der Waals surface area contributed by atoms with Gasteiger partial charge < -0.3 is 0 Å². The summed E-state index contributed by atoms with van der Waals surface area (Å²) in [7, 11) is 0. The highest BCUT2D eigenvalue weighted by Crippen LogP contribution is 2.46. The van der Waals surface area contributed by atoms with Crippen molar-refractivity contribution < 1.29 is 0 Å². The maximum Gasteiger partial charge on any atom is -0.00259 e. The number of fused-ring (bicyclic) bond motifs is 4. The van der Waals surface area contributed by atoms with Crippen LogP contribution in [0.1, 0.15) is 0 Å². The van der Waals surface area contributed by atoms with E-state index in [4.69, 9.17) is 0 Å². The predicted molar refractivity (Wildman–Crippen MR) is 198 cm³/mol. The molecule has 0 aromatic heterocycles. The lowest BCUT2D eigenvalue weighted by molar-refractivity contribution is 1.62. The monoisotopic (exact) mass is 582 g/mol. The van der Waals surface area contributed by atoms with Gasteiger partial charge in [0.05, 0.1) is 0 Å². The van der Waals surface area contributed by atoms with Crippen molar-refractivity contribution in [1.29, 1.82) is 0 Å². The van der Waals surface area contributed by atoms with Gasteiger partial charge in [-0.2, -0.15) is 0 Å². The highest BCUT2D eigenvalue weighted by molar-refractivity contribution is 6.22. The molecule has 0 radical (unpaired) electrons. The van der Waals surface area contributed by atoms with Crippen molar-refractivity contribution in [2.24, 2.45) is 0 Å². The summed E-state index contributed by atoms with van der Waals surface area (Å²) in [6, 6.07) is 66.6. The van der Waals surface area contributed by atoms with E-state index < -0.39 is 0 Å². The average molecular weight is 583 g/mol. The number of benzene rings is 9. The molecule has 0 heteroatoms. The molecule has 0 unspecified atom stereocenters. The van der Waals surface area contributed by atoms with Gasteiger partial charge in [0.2, 0.25) is 0 Å². The highest BCUT2D eigenvalue weighted by atomic mass is 14.2. The predicted octanol–water partition coefficient (Wildman–Crippen LogP) is 13.0. The van der Waals surface area contributed by atoms with Gasteiger partial charge >= 0.3 is 0 Å². The molecule has 9 aromatic carbocycles. The van der Waals surface area contributed by atoms with Crippen molar-refractivity contribution in [3.63, 3.8) is 0 Å². The second kappa shape index (κ2) is 10.9. The smallest absolute Gasteiger partial charge is 0.00259 e. The van der Waals surface area contributed by atoms with Crippen LogP contribution in [0.3, 0.4) is 0 Å².